The van der Waals surface area contributed by atoms with Crippen LogP contribution in [0.4, 0.5) is 0 Å². The van der Waals surface area contributed by atoms with Crippen LogP contribution in [-0.4, -0.2) is 68.0 Å². The number of hydrazone groups is 1. The number of nitrogens with zero attached hydrogens (tertiary/aromatic N) is 3. The summed E-state index contributed by atoms with van der Waals surface area (Å²) in [5, 5.41) is 6.38. The zero-order valence-corrected chi connectivity index (χ0v) is 20.6. The molecule has 0 aromatic heterocycles. The topological polar surface area (TPSA) is 80.7 Å². The largest absolute Gasteiger partial charge is 0.497 e. The second kappa shape index (κ2) is 11.4. The third kappa shape index (κ3) is 5.65. The fourth-order valence-corrected chi connectivity index (χ4v) is 4.74. The van der Waals surface area contributed by atoms with Crippen LogP contribution >= 0.6 is 0 Å². The Labute approximate surface area is 206 Å². The fourth-order valence-electron chi connectivity index (χ4n) is 4.74. The maximum atomic E-state index is 13.6. The molecule has 0 saturated carbocycles. The van der Waals surface area contributed by atoms with Crippen LogP contribution in [0.5, 0.6) is 11.5 Å². The van der Waals surface area contributed by atoms with Crippen molar-refractivity contribution in [2.75, 3.05) is 40.5 Å². The van der Waals surface area contributed by atoms with Gasteiger partial charge in [-0.25, -0.2) is 5.01 Å². The van der Waals surface area contributed by atoms with Crippen LogP contribution in [0.15, 0.2) is 53.6 Å². The number of esters is 1. The van der Waals surface area contributed by atoms with Crippen molar-refractivity contribution in [1.29, 1.82) is 0 Å². The van der Waals surface area contributed by atoms with Gasteiger partial charge < -0.3 is 14.2 Å². The normalized spacial score (nSPS) is 18.8. The third-order valence-electron chi connectivity index (χ3n) is 6.64. The van der Waals surface area contributed by atoms with Gasteiger partial charge in [0.2, 0.25) is 0 Å². The van der Waals surface area contributed by atoms with Gasteiger partial charge in [0.25, 0.3) is 5.91 Å². The molecule has 1 atom stereocenters. The molecular formula is C27H33N3O5. The number of piperidine rings is 1. The summed E-state index contributed by atoms with van der Waals surface area (Å²) < 4.78 is 16.2. The Morgan fingerprint density at radius 1 is 1.03 bits per heavy atom. The Morgan fingerprint density at radius 2 is 1.77 bits per heavy atom. The number of carbonyl (C=O) groups is 2. The average Bonchev–Trinajstić information content (AvgIpc) is 3.35. The molecule has 186 valence electrons. The summed E-state index contributed by atoms with van der Waals surface area (Å²) in [6.45, 7) is 3.80. The SMILES string of the molecule is CCOC(=O)C1CCN(CC(=O)N2N=C(c3ccccc3)CC2c2cc(OC)ccc2OC)CC1. The molecule has 8 heteroatoms. The van der Waals surface area contributed by atoms with Gasteiger partial charge in [-0.05, 0) is 56.6 Å². The van der Waals surface area contributed by atoms with Crippen molar-refractivity contribution < 1.29 is 23.8 Å². The molecule has 1 amide bonds. The molecule has 4 rings (SSSR count). The summed E-state index contributed by atoms with van der Waals surface area (Å²) in [6, 6.07) is 15.2. The molecule has 1 fully saturated rings. The van der Waals surface area contributed by atoms with Crippen LogP contribution in [0.2, 0.25) is 0 Å². The molecule has 8 nitrogen and oxygen atoms in total. The number of amides is 1. The Bertz CT molecular complexity index is 1060. The van der Waals surface area contributed by atoms with Crippen molar-refractivity contribution >= 4 is 17.6 Å². The van der Waals surface area contributed by atoms with E-state index in [1.807, 2.05) is 55.5 Å². The minimum absolute atomic E-state index is 0.0830. The lowest BCUT2D eigenvalue weighted by atomic mass is 9.96. The van der Waals surface area contributed by atoms with Crippen molar-refractivity contribution in [2.45, 2.75) is 32.2 Å². The molecule has 0 bridgehead atoms. The van der Waals surface area contributed by atoms with E-state index in [4.69, 9.17) is 19.3 Å². The molecule has 1 saturated heterocycles. The number of carbonyl (C=O) groups excluding carboxylic acids is 2. The Hall–Kier alpha value is -3.39. The van der Waals surface area contributed by atoms with Crippen LogP contribution in [-0.2, 0) is 14.3 Å². The van der Waals surface area contributed by atoms with E-state index in [1.165, 1.54) is 0 Å². The quantitative estimate of drug-likeness (QED) is 0.538. The van der Waals surface area contributed by atoms with Gasteiger partial charge >= 0.3 is 5.97 Å². The highest BCUT2D eigenvalue weighted by Crippen LogP contribution is 2.39. The van der Waals surface area contributed by atoms with Crippen LogP contribution < -0.4 is 9.47 Å². The van der Waals surface area contributed by atoms with E-state index in [0.717, 1.165) is 16.8 Å². The molecule has 2 aliphatic rings. The van der Waals surface area contributed by atoms with Crippen molar-refractivity contribution in [3.63, 3.8) is 0 Å². The number of methoxy groups -OCH3 is 2. The molecule has 35 heavy (non-hydrogen) atoms. The minimum atomic E-state index is -0.306. The molecule has 1 unspecified atom stereocenters. The van der Waals surface area contributed by atoms with Crippen LogP contribution in [0.1, 0.15) is 43.4 Å². The predicted octanol–water partition coefficient (Wildman–Crippen LogP) is 3.66. The second-order valence-corrected chi connectivity index (χ2v) is 8.78. The summed E-state index contributed by atoms with van der Waals surface area (Å²) in [5.41, 5.74) is 2.70. The summed E-state index contributed by atoms with van der Waals surface area (Å²) in [6.07, 6.45) is 1.96. The van der Waals surface area contributed by atoms with Gasteiger partial charge in [0.05, 0.1) is 45.0 Å². The minimum Gasteiger partial charge on any atom is -0.497 e. The first-order chi connectivity index (χ1) is 17.0. The summed E-state index contributed by atoms with van der Waals surface area (Å²) in [4.78, 5) is 27.7. The highest BCUT2D eigenvalue weighted by Gasteiger charge is 2.36. The van der Waals surface area contributed by atoms with E-state index < -0.39 is 0 Å². The zero-order chi connectivity index (χ0) is 24.8. The van der Waals surface area contributed by atoms with Gasteiger partial charge in [-0.3, -0.25) is 14.5 Å². The molecule has 0 N–H and O–H groups in total. The van der Waals surface area contributed by atoms with E-state index in [-0.39, 0.29) is 30.4 Å². The number of hydrogen-bond donors (Lipinski definition) is 0. The van der Waals surface area contributed by atoms with Gasteiger partial charge in [-0.15, -0.1) is 0 Å². The van der Waals surface area contributed by atoms with E-state index in [9.17, 15) is 9.59 Å². The van der Waals surface area contributed by atoms with E-state index >= 15 is 0 Å². The average molecular weight is 480 g/mol. The number of likely N-dealkylation sites (tertiary alicyclic amines) is 1. The maximum Gasteiger partial charge on any atom is 0.309 e. The Kier molecular flexibility index (Phi) is 8.02. The third-order valence-corrected chi connectivity index (χ3v) is 6.64. The first-order valence-electron chi connectivity index (χ1n) is 12.1. The van der Waals surface area contributed by atoms with Crippen LogP contribution in [0, 0.1) is 5.92 Å². The number of rotatable bonds is 8. The molecule has 2 heterocycles. The zero-order valence-electron chi connectivity index (χ0n) is 20.6. The molecule has 0 radical (unpaired) electrons. The van der Waals surface area contributed by atoms with Gasteiger partial charge in [0, 0.05) is 12.0 Å². The Morgan fingerprint density at radius 3 is 2.43 bits per heavy atom. The highest BCUT2D eigenvalue weighted by molar-refractivity contribution is 6.03. The van der Waals surface area contributed by atoms with E-state index in [1.54, 1.807) is 19.2 Å². The lowest BCUT2D eigenvalue weighted by Gasteiger charge is -2.32. The van der Waals surface area contributed by atoms with Gasteiger partial charge in [-0.2, -0.15) is 5.10 Å². The Balaban J connectivity index is 1.54. The highest BCUT2D eigenvalue weighted by atomic mass is 16.5. The monoisotopic (exact) mass is 479 g/mol. The smallest absolute Gasteiger partial charge is 0.309 e. The van der Waals surface area contributed by atoms with Gasteiger partial charge in [0.15, 0.2) is 0 Å². The lowest BCUT2D eigenvalue weighted by molar-refractivity contribution is -0.149. The molecule has 2 aromatic rings. The summed E-state index contributed by atoms with van der Waals surface area (Å²) in [5.74, 6) is 1.07. The van der Waals surface area contributed by atoms with Crippen LogP contribution in [0.25, 0.3) is 0 Å². The van der Waals surface area contributed by atoms with Crippen molar-refractivity contribution in [3.05, 3.63) is 59.7 Å². The van der Waals surface area contributed by atoms with E-state index in [2.05, 4.69) is 4.90 Å². The predicted molar refractivity (Wildman–Crippen MR) is 133 cm³/mol. The van der Waals surface area contributed by atoms with Crippen molar-refractivity contribution in [2.24, 2.45) is 11.0 Å². The molecule has 0 aliphatic carbocycles. The number of ether oxygens (including phenoxy) is 3. The fraction of sp³-hybridized carbons (Fsp3) is 0.444. The van der Waals surface area contributed by atoms with Crippen LogP contribution in [0.3, 0.4) is 0 Å². The summed E-state index contributed by atoms with van der Waals surface area (Å²) >= 11 is 0. The first kappa shape index (κ1) is 24.7. The van der Waals surface area contributed by atoms with Crippen molar-refractivity contribution in [3.8, 4) is 11.5 Å². The first-order valence-corrected chi connectivity index (χ1v) is 12.1. The molecule has 0 spiro atoms. The van der Waals surface area contributed by atoms with Gasteiger partial charge in [-0.1, -0.05) is 30.3 Å². The molecule has 2 aromatic carbocycles. The molecular weight excluding hydrogens is 446 g/mol. The second-order valence-electron chi connectivity index (χ2n) is 8.78. The summed E-state index contributed by atoms with van der Waals surface area (Å²) in [7, 11) is 3.24. The van der Waals surface area contributed by atoms with Gasteiger partial charge in [0.1, 0.15) is 11.5 Å². The number of benzene rings is 2. The van der Waals surface area contributed by atoms with Crippen molar-refractivity contribution in [1.82, 2.24) is 9.91 Å². The maximum absolute atomic E-state index is 13.6. The molecule has 2 aliphatic heterocycles. The lowest BCUT2D eigenvalue weighted by Crippen LogP contribution is -2.43. The number of hydrogen-bond acceptors (Lipinski definition) is 7. The van der Waals surface area contributed by atoms with E-state index in [0.29, 0.717) is 50.5 Å². The standard InChI is InChI=1S/C27H33N3O5/c1-4-35-27(32)20-12-14-29(15-13-20)18-26(31)30-24(17-23(28-30)19-8-6-5-7-9-19)22-16-21(33-2)10-11-25(22)34-3/h5-11,16,20,24H,4,12-15,17-18H2,1-3H3.